The molecule has 0 spiro atoms. The van der Waals surface area contributed by atoms with Gasteiger partial charge in [-0.25, -0.2) is 0 Å². The highest BCUT2D eigenvalue weighted by Crippen LogP contribution is 2.44. The fourth-order valence-electron chi connectivity index (χ4n) is 1.81. The standard InChI is InChI=1S/C15H10F5/c1-10-4-2-5-11(8-10)12-6-3-7-13(9-12)14(16,17)15(18,19)20/h2-9H,1H2. The Morgan fingerprint density at radius 3 is 1.85 bits per heavy atom. The van der Waals surface area contributed by atoms with Crippen LogP contribution in [0.25, 0.3) is 11.1 Å². The Bertz CT molecular complexity index is 614. The lowest BCUT2D eigenvalue weighted by atomic mass is 9.99. The Hall–Kier alpha value is -1.91. The quantitative estimate of drug-likeness (QED) is 0.666. The number of hydrogen-bond donors (Lipinski definition) is 0. The van der Waals surface area contributed by atoms with Crippen molar-refractivity contribution in [1.29, 1.82) is 0 Å². The summed E-state index contributed by atoms with van der Waals surface area (Å²) in [5.41, 5.74) is 0.404. The van der Waals surface area contributed by atoms with Crippen LogP contribution in [0.15, 0.2) is 48.5 Å². The van der Waals surface area contributed by atoms with Crippen LogP contribution in [0.2, 0.25) is 0 Å². The summed E-state index contributed by atoms with van der Waals surface area (Å²) in [7, 11) is 0. The van der Waals surface area contributed by atoms with E-state index in [4.69, 9.17) is 0 Å². The van der Waals surface area contributed by atoms with Crippen LogP contribution in [-0.4, -0.2) is 6.18 Å². The Morgan fingerprint density at radius 1 is 0.750 bits per heavy atom. The van der Waals surface area contributed by atoms with Crippen LogP contribution in [0.1, 0.15) is 11.1 Å². The molecule has 0 aliphatic rings. The Labute approximate surface area is 112 Å². The minimum absolute atomic E-state index is 0.289. The number of benzene rings is 2. The lowest BCUT2D eigenvalue weighted by Gasteiger charge is -2.20. The van der Waals surface area contributed by atoms with Gasteiger partial charge in [0.2, 0.25) is 0 Å². The molecule has 1 radical (unpaired) electrons. The summed E-state index contributed by atoms with van der Waals surface area (Å²) < 4.78 is 63.7. The second kappa shape index (κ2) is 4.89. The van der Waals surface area contributed by atoms with Crippen molar-refractivity contribution in [1.82, 2.24) is 0 Å². The molecular formula is C15H10F5. The molecule has 105 valence electrons. The van der Waals surface area contributed by atoms with E-state index in [2.05, 4.69) is 6.92 Å². The van der Waals surface area contributed by atoms with Crippen molar-refractivity contribution in [2.24, 2.45) is 0 Å². The van der Waals surface area contributed by atoms with Gasteiger partial charge in [0.1, 0.15) is 0 Å². The summed E-state index contributed by atoms with van der Waals surface area (Å²) in [5.74, 6) is -4.87. The third kappa shape index (κ3) is 2.66. The topological polar surface area (TPSA) is 0 Å². The van der Waals surface area contributed by atoms with Gasteiger partial charge in [0.15, 0.2) is 0 Å². The van der Waals surface area contributed by atoms with Crippen LogP contribution in [0.5, 0.6) is 0 Å². The third-order valence-electron chi connectivity index (χ3n) is 2.84. The minimum Gasteiger partial charge on any atom is -0.191 e. The van der Waals surface area contributed by atoms with Gasteiger partial charge < -0.3 is 0 Å². The second-order valence-electron chi connectivity index (χ2n) is 4.35. The highest BCUT2D eigenvalue weighted by Gasteiger charge is 2.58. The van der Waals surface area contributed by atoms with Crippen LogP contribution < -0.4 is 0 Å². The Kier molecular flexibility index (Phi) is 3.54. The third-order valence-corrected chi connectivity index (χ3v) is 2.84. The molecule has 0 amide bonds. The van der Waals surface area contributed by atoms with Crippen molar-refractivity contribution in [3.63, 3.8) is 0 Å². The monoisotopic (exact) mass is 285 g/mol. The fourth-order valence-corrected chi connectivity index (χ4v) is 1.81. The van der Waals surface area contributed by atoms with E-state index in [1.54, 1.807) is 24.3 Å². The van der Waals surface area contributed by atoms with Crippen LogP contribution in [-0.2, 0) is 5.92 Å². The van der Waals surface area contributed by atoms with Gasteiger partial charge in [-0.3, -0.25) is 0 Å². The highest BCUT2D eigenvalue weighted by atomic mass is 19.4. The first-order valence-corrected chi connectivity index (χ1v) is 5.69. The van der Waals surface area contributed by atoms with Gasteiger partial charge in [0, 0.05) is 5.56 Å². The summed E-state index contributed by atoms with van der Waals surface area (Å²) in [6.07, 6.45) is -5.61. The van der Waals surface area contributed by atoms with Crippen LogP contribution >= 0.6 is 0 Å². The van der Waals surface area contributed by atoms with Gasteiger partial charge in [0.25, 0.3) is 0 Å². The van der Waals surface area contributed by atoms with Crippen LogP contribution in [0, 0.1) is 6.92 Å². The van der Waals surface area contributed by atoms with Gasteiger partial charge in [-0.1, -0.05) is 42.5 Å². The lowest BCUT2D eigenvalue weighted by molar-refractivity contribution is -0.289. The van der Waals surface area contributed by atoms with E-state index in [9.17, 15) is 22.0 Å². The summed E-state index contributed by atoms with van der Waals surface area (Å²) in [4.78, 5) is 0. The van der Waals surface area contributed by atoms with Crippen molar-refractivity contribution in [2.45, 2.75) is 12.1 Å². The Morgan fingerprint density at radius 2 is 1.30 bits per heavy atom. The normalized spacial score (nSPS) is 12.5. The van der Waals surface area contributed by atoms with Crippen molar-refractivity contribution in [3.8, 4) is 11.1 Å². The minimum atomic E-state index is -5.61. The Balaban J connectivity index is 2.49. The fraction of sp³-hybridized carbons (Fsp3) is 0.133. The number of hydrogen-bond acceptors (Lipinski definition) is 0. The van der Waals surface area contributed by atoms with E-state index in [1.807, 2.05) is 0 Å². The zero-order chi connectivity index (χ0) is 15.0. The number of halogens is 5. The van der Waals surface area contributed by atoms with Gasteiger partial charge in [-0.05, 0) is 29.7 Å². The smallest absolute Gasteiger partial charge is 0.191 e. The molecular weight excluding hydrogens is 275 g/mol. The van der Waals surface area contributed by atoms with Gasteiger partial charge in [-0.2, -0.15) is 22.0 Å². The molecule has 0 aliphatic heterocycles. The zero-order valence-corrected chi connectivity index (χ0v) is 10.2. The van der Waals surface area contributed by atoms with E-state index in [0.717, 1.165) is 12.1 Å². The molecule has 2 aromatic rings. The van der Waals surface area contributed by atoms with Crippen molar-refractivity contribution in [3.05, 3.63) is 66.6 Å². The molecule has 0 aliphatic carbocycles. The predicted octanol–water partition coefficient (Wildman–Crippen LogP) is 5.19. The maximum absolute atomic E-state index is 13.3. The van der Waals surface area contributed by atoms with E-state index in [1.165, 1.54) is 12.1 Å². The first-order valence-electron chi connectivity index (χ1n) is 5.69. The van der Waals surface area contributed by atoms with Gasteiger partial charge in [-0.15, -0.1) is 0 Å². The number of rotatable bonds is 2. The van der Waals surface area contributed by atoms with E-state index in [-0.39, 0.29) is 5.56 Å². The van der Waals surface area contributed by atoms with Crippen molar-refractivity contribution in [2.75, 3.05) is 0 Å². The molecule has 0 N–H and O–H groups in total. The second-order valence-corrected chi connectivity index (χ2v) is 4.35. The molecule has 0 nitrogen and oxygen atoms in total. The first-order chi connectivity index (χ1) is 9.22. The molecule has 0 bridgehead atoms. The molecule has 0 atom stereocenters. The number of alkyl halides is 5. The highest BCUT2D eigenvalue weighted by molar-refractivity contribution is 5.65. The zero-order valence-electron chi connectivity index (χ0n) is 10.2. The SMILES string of the molecule is [CH2]c1cccc(-c2cccc(C(F)(F)C(F)(F)F)c2)c1. The average Bonchev–Trinajstić information content (AvgIpc) is 2.37. The molecule has 2 aromatic carbocycles. The summed E-state index contributed by atoms with van der Waals surface area (Å²) in [6.45, 7) is 3.69. The molecule has 0 unspecified atom stereocenters. The van der Waals surface area contributed by atoms with E-state index < -0.39 is 17.7 Å². The van der Waals surface area contributed by atoms with Crippen molar-refractivity contribution < 1.29 is 22.0 Å². The summed E-state index contributed by atoms with van der Waals surface area (Å²) >= 11 is 0. The molecule has 20 heavy (non-hydrogen) atoms. The largest absolute Gasteiger partial charge is 0.458 e. The maximum Gasteiger partial charge on any atom is 0.458 e. The molecule has 5 heteroatoms. The molecule has 0 aromatic heterocycles. The summed E-state index contributed by atoms with van der Waals surface area (Å²) in [6, 6.07) is 10.9. The lowest BCUT2D eigenvalue weighted by Crippen LogP contribution is -2.33. The van der Waals surface area contributed by atoms with Gasteiger partial charge in [0.05, 0.1) is 0 Å². The molecule has 0 saturated carbocycles. The molecule has 2 rings (SSSR count). The van der Waals surface area contributed by atoms with Crippen LogP contribution in [0.3, 0.4) is 0 Å². The molecule has 0 saturated heterocycles. The van der Waals surface area contributed by atoms with E-state index >= 15 is 0 Å². The molecule has 0 heterocycles. The van der Waals surface area contributed by atoms with Crippen LogP contribution in [0.4, 0.5) is 22.0 Å². The maximum atomic E-state index is 13.3. The predicted molar refractivity (Wildman–Crippen MR) is 66.3 cm³/mol. The van der Waals surface area contributed by atoms with E-state index in [0.29, 0.717) is 11.1 Å². The van der Waals surface area contributed by atoms with Crippen molar-refractivity contribution >= 4 is 0 Å². The summed E-state index contributed by atoms with van der Waals surface area (Å²) in [5, 5.41) is 0. The molecule has 0 fully saturated rings. The van der Waals surface area contributed by atoms with Gasteiger partial charge >= 0.3 is 12.1 Å². The first kappa shape index (κ1) is 14.5. The average molecular weight is 285 g/mol.